The molecular formula is C10H12N4O4S2. The van der Waals surface area contributed by atoms with Gasteiger partial charge in [-0.2, -0.15) is 0 Å². The summed E-state index contributed by atoms with van der Waals surface area (Å²) in [5.74, 6) is -0.324. The van der Waals surface area contributed by atoms with Crippen molar-refractivity contribution >= 4 is 27.3 Å². The van der Waals surface area contributed by atoms with Gasteiger partial charge in [0.15, 0.2) is 9.90 Å². The lowest BCUT2D eigenvalue weighted by molar-refractivity contribution is 0.0590. The number of hydrogen-bond acceptors (Lipinski definition) is 7. The van der Waals surface area contributed by atoms with Gasteiger partial charge in [-0.1, -0.05) is 0 Å². The summed E-state index contributed by atoms with van der Waals surface area (Å²) in [7, 11) is -2.72. The average Bonchev–Trinajstić information content (AvgIpc) is 3.08. The monoisotopic (exact) mass is 316 g/mol. The van der Waals surface area contributed by atoms with Gasteiger partial charge < -0.3 is 9.72 Å². The molecule has 1 unspecified atom stereocenters. The molecule has 0 radical (unpaired) electrons. The predicted molar refractivity (Wildman–Crippen MR) is 70.8 cm³/mol. The molecular weight excluding hydrogens is 304 g/mol. The predicted octanol–water partition coefficient (Wildman–Crippen LogP) is 0.692. The molecule has 2 aromatic heterocycles. The van der Waals surface area contributed by atoms with Crippen LogP contribution in [-0.2, 0) is 14.8 Å². The normalized spacial score (nSPS) is 13.1. The van der Waals surface area contributed by atoms with Crippen molar-refractivity contribution in [2.24, 2.45) is 0 Å². The number of ether oxygens (including phenoxy) is 1. The summed E-state index contributed by atoms with van der Waals surface area (Å²) >= 11 is 0.846. The molecule has 0 spiro atoms. The molecule has 108 valence electrons. The van der Waals surface area contributed by atoms with Crippen molar-refractivity contribution in [3.8, 4) is 0 Å². The molecule has 8 nitrogen and oxygen atoms in total. The van der Waals surface area contributed by atoms with Crippen LogP contribution in [-0.4, -0.2) is 36.4 Å². The Kier molecular flexibility index (Phi) is 4.16. The quantitative estimate of drug-likeness (QED) is 0.785. The van der Waals surface area contributed by atoms with Gasteiger partial charge in [-0.25, -0.2) is 27.9 Å². The minimum absolute atomic E-state index is 0.178. The highest BCUT2D eigenvalue weighted by molar-refractivity contribution is 7.91. The zero-order valence-electron chi connectivity index (χ0n) is 10.7. The number of carbonyl (C=O) groups is 1. The third-order valence-corrected chi connectivity index (χ3v) is 5.33. The highest BCUT2D eigenvalue weighted by Crippen LogP contribution is 2.22. The third kappa shape index (κ3) is 2.86. The minimum Gasteiger partial charge on any atom is -0.464 e. The molecule has 0 amide bonds. The lowest BCUT2D eigenvalue weighted by atomic mass is 10.3. The Balaban J connectivity index is 2.27. The van der Waals surface area contributed by atoms with Gasteiger partial charge in [0.05, 0.1) is 18.7 Å². The number of rotatable bonds is 5. The average molecular weight is 316 g/mol. The number of H-pyrrole nitrogens is 1. The lowest BCUT2D eigenvalue weighted by Crippen LogP contribution is -2.28. The zero-order chi connectivity index (χ0) is 14.8. The molecule has 2 rings (SSSR count). The van der Waals surface area contributed by atoms with Gasteiger partial charge >= 0.3 is 5.97 Å². The van der Waals surface area contributed by atoms with E-state index in [9.17, 15) is 13.2 Å². The number of sulfonamides is 1. The number of nitrogens with one attached hydrogen (secondary N) is 2. The Bertz CT molecular complexity index is 693. The fourth-order valence-corrected chi connectivity index (χ4v) is 3.87. The van der Waals surface area contributed by atoms with Crippen molar-refractivity contribution < 1.29 is 17.9 Å². The summed E-state index contributed by atoms with van der Waals surface area (Å²) in [4.78, 5) is 22.0. The molecule has 2 N–H and O–H groups in total. The van der Waals surface area contributed by atoms with E-state index in [-0.39, 0.29) is 9.90 Å². The van der Waals surface area contributed by atoms with Crippen LogP contribution in [0.2, 0.25) is 0 Å². The van der Waals surface area contributed by atoms with Gasteiger partial charge in [0.25, 0.3) is 10.0 Å². The first kappa shape index (κ1) is 14.6. The number of imidazole rings is 1. The molecule has 2 aromatic rings. The second-order valence-electron chi connectivity index (χ2n) is 3.80. The van der Waals surface area contributed by atoms with Crippen molar-refractivity contribution in [1.82, 2.24) is 19.7 Å². The van der Waals surface area contributed by atoms with E-state index in [1.54, 1.807) is 13.1 Å². The molecule has 1 atom stereocenters. The minimum atomic E-state index is -3.88. The second-order valence-corrected chi connectivity index (χ2v) is 6.56. The van der Waals surface area contributed by atoms with E-state index in [2.05, 4.69) is 24.4 Å². The topological polar surface area (TPSA) is 114 Å². The Morgan fingerprint density at radius 3 is 2.85 bits per heavy atom. The first-order chi connectivity index (χ1) is 9.45. The molecule has 0 saturated heterocycles. The number of thiazole rings is 1. The molecule has 0 aliphatic heterocycles. The molecule has 0 saturated carbocycles. The molecule has 0 fully saturated rings. The maximum atomic E-state index is 12.2. The third-order valence-electron chi connectivity index (χ3n) is 2.42. The first-order valence-electron chi connectivity index (χ1n) is 5.49. The summed E-state index contributed by atoms with van der Waals surface area (Å²) in [6, 6.07) is -0.567. The van der Waals surface area contributed by atoms with Crippen LogP contribution in [0.4, 0.5) is 0 Å². The zero-order valence-corrected chi connectivity index (χ0v) is 12.3. The maximum Gasteiger partial charge on any atom is 0.358 e. The van der Waals surface area contributed by atoms with E-state index < -0.39 is 22.0 Å². The summed E-state index contributed by atoms with van der Waals surface area (Å²) in [5.41, 5.74) is 1.05. The van der Waals surface area contributed by atoms with Crippen LogP contribution < -0.4 is 4.72 Å². The SMILES string of the molecule is COC(=O)c1ncsc1S(=O)(=O)NC(C)c1ncc[nH]1. The van der Waals surface area contributed by atoms with Gasteiger partial charge in [0, 0.05) is 12.4 Å². The smallest absolute Gasteiger partial charge is 0.358 e. The maximum absolute atomic E-state index is 12.2. The Morgan fingerprint density at radius 1 is 1.50 bits per heavy atom. The lowest BCUT2D eigenvalue weighted by Gasteiger charge is -2.11. The fourth-order valence-electron chi connectivity index (χ4n) is 1.52. The molecule has 20 heavy (non-hydrogen) atoms. The van der Waals surface area contributed by atoms with Crippen LogP contribution in [0, 0.1) is 0 Å². The number of hydrogen-bond donors (Lipinski definition) is 2. The van der Waals surface area contributed by atoms with Crippen LogP contribution in [0.1, 0.15) is 29.3 Å². The van der Waals surface area contributed by atoms with Crippen molar-refractivity contribution in [2.75, 3.05) is 7.11 Å². The van der Waals surface area contributed by atoms with Crippen molar-refractivity contribution in [3.05, 3.63) is 29.4 Å². The summed E-state index contributed by atoms with van der Waals surface area (Å²) < 4.78 is 31.2. The number of aromatic amines is 1. The van der Waals surface area contributed by atoms with E-state index in [0.29, 0.717) is 5.82 Å². The van der Waals surface area contributed by atoms with Gasteiger partial charge in [-0.3, -0.25) is 0 Å². The molecule has 0 aromatic carbocycles. The molecule has 0 bridgehead atoms. The van der Waals surface area contributed by atoms with Crippen molar-refractivity contribution in [1.29, 1.82) is 0 Å². The van der Waals surface area contributed by atoms with Gasteiger partial charge in [-0.15, -0.1) is 11.3 Å². The number of esters is 1. The fraction of sp³-hybridized carbons (Fsp3) is 0.300. The van der Waals surface area contributed by atoms with Gasteiger partial charge in [0.2, 0.25) is 0 Å². The van der Waals surface area contributed by atoms with Gasteiger partial charge in [-0.05, 0) is 6.92 Å². The van der Waals surface area contributed by atoms with E-state index >= 15 is 0 Å². The first-order valence-corrected chi connectivity index (χ1v) is 7.85. The standard InChI is InChI=1S/C10H12N4O4S2/c1-6(8-11-3-4-12-8)14-20(16,17)10-7(9(15)18-2)13-5-19-10/h3-6,14H,1-2H3,(H,11,12). The van der Waals surface area contributed by atoms with Crippen LogP contribution in [0.3, 0.4) is 0 Å². The Morgan fingerprint density at radius 2 is 2.25 bits per heavy atom. The summed E-state index contributed by atoms with van der Waals surface area (Å²) in [6.45, 7) is 1.63. The van der Waals surface area contributed by atoms with Crippen LogP contribution in [0.15, 0.2) is 22.1 Å². The van der Waals surface area contributed by atoms with Crippen molar-refractivity contribution in [3.63, 3.8) is 0 Å². The summed E-state index contributed by atoms with van der Waals surface area (Å²) in [5, 5.41) is 0. The number of aromatic nitrogens is 3. The van der Waals surface area contributed by atoms with Crippen LogP contribution in [0.5, 0.6) is 0 Å². The second kappa shape index (κ2) is 5.69. The molecule has 10 heteroatoms. The van der Waals surface area contributed by atoms with E-state index in [1.165, 1.54) is 11.7 Å². The van der Waals surface area contributed by atoms with E-state index in [4.69, 9.17) is 0 Å². The van der Waals surface area contributed by atoms with Crippen molar-refractivity contribution in [2.45, 2.75) is 17.2 Å². The van der Waals surface area contributed by atoms with Crippen LogP contribution >= 0.6 is 11.3 Å². The number of methoxy groups -OCH3 is 1. The van der Waals surface area contributed by atoms with Crippen LogP contribution in [0.25, 0.3) is 0 Å². The number of carbonyl (C=O) groups excluding carboxylic acids is 1. The van der Waals surface area contributed by atoms with Gasteiger partial charge in [0.1, 0.15) is 5.82 Å². The highest BCUT2D eigenvalue weighted by atomic mass is 32.2. The molecule has 0 aliphatic carbocycles. The largest absolute Gasteiger partial charge is 0.464 e. The molecule has 2 heterocycles. The highest BCUT2D eigenvalue weighted by Gasteiger charge is 2.28. The Labute approximate surface area is 119 Å². The Hall–Kier alpha value is -1.78. The number of nitrogens with zero attached hydrogens (tertiary/aromatic N) is 2. The molecule has 0 aliphatic rings. The van der Waals surface area contributed by atoms with E-state index in [0.717, 1.165) is 18.4 Å². The summed E-state index contributed by atoms with van der Waals surface area (Å²) in [6.07, 6.45) is 3.11. The van der Waals surface area contributed by atoms with E-state index in [1.807, 2.05) is 0 Å².